The molecule has 2 N–H and O–H groups in total. The molecule has 0 aliphatic heterocycles. The van der Waals surface area contributed by atoms with Crippen LogP contribution >= 0.6 is 0 Å². The van der Waals surface area contributed by atoms with Crippen LogP contribution in [-0.2, 0) is 6.54 Å². The maximum Gasteiger partial charge on any atom is 0.335 e. The minimum Gasteiger partial charge on any atom is -0.478 e. The lowest BCUT2D eigenvalue weighted by molar-refractivity contribution is 0.0696. The summed E-state index contributed by atoms with van der Waals surface area (Å²) < 4.78 is 0. The largest absolute Gasteiger partial charge is 0.478 e. The first-order valence-corrected chi connectivity index (χ1v) is 6.91. The van der Waals surface area contributed by atoms with Gasteiger partial charge in [0.25, 0.3) is 0 Å². The second-order valence-corrected chi connectivity index (χ2v) is 5.21. The fourth-order valence-corrected chi connectivity index (χ4v) is 2.57. The van der Waals surface area contributed by atoms with Crippen LogP contribution in [0.5, 0.6) is 0 Å². The Balaban J connectivity index is 1.89. The molecule has 0 spiro atoms. The van der Waals surface area contributed by atoms with Gasteiger partial charge in [0.05, 0.1) is 5.56 Å². The molecule has 0 bridgehead atoms. The fraction of sp³-hybridized carbons (Fsp3) is 0.467. The van der Waals surface area contributed by atoms with Crippen LogP contribution in [0.15, 0.2) is 24.3 Å². The summed E-state index contributed by atoms with van der Waals surface area (Å²) in [6, 6.07) is 6.85. The van der Waals surface area contributed by atoms with Crippen LogP contribution in [0.2, 0.25) is 0 Å². The van der Waals surface area contributed by atoms with Crippen molar-refractivity contribution in [3.63, 3.8) is 0 Å². The van der Waals surface area contributed by atoms with Gasteiger partial charge in [0.15, 0.2) is 0 Å². The number of rotatable bonds is 4. The van der Waals surface area contributed by atoms with E-state index < -0.39 is 5.97 Å². The van der Waals surface area contributed by atoms with Crippen molar-refractivity contribution in [1.82, 2.24) is 10.2 Å². The summed E-state index contributed by atoms with van der Waals surface area (Å²) in [4.78, 5) is 24.7. The molecule has 1 aromatic carbocycles. The second kappa shape index (κ2) is 6.41. The summed E-state index contributed by atoms with van der Waals surface area (Å²) in [7, 11) is 1.82. The average molecular weight is 276 g/mol. The normalized spacial score (nSPS) is 15.1. The molecule has 2 rings (SSSR count). The lowest BCUT2D eigenvalue weighted by Gasteiger charge is -2.24. The molecule has 20 heavy (non-hydrogen) atoms. The Hall–Kier alpha value is -2.04. The van der Waals surface area contributed by atoms with Crippen molar-refractivity contribution < 1.29 is 14.7 Å². The van der Waals surface area contributed by atoms with E-state index in [1.54, 1.807) is 17.0 Å². The molecule has 2 amide bonds. The van der Waals surface area contributed by atoms with E-state index in [4.69, 9.17) is 5.11 Å². The van der Waals surface area contributed by atoms with E-state index in [0.717, 1.165) is 18.4 Å². The first-order chi connectivity index (χ1) is 9.58. The number of urea groups is 1. The third kappa shape index (κ3) is 3.50. The van der Waals surface area contributed by atoms with Gasteiger partial charge in [-0.3, -0.25) is 0 Å². The highest BCUT2D eigenvalue weighted by Crippen LogP contribution is 2.22. The molecule has 5 nitrogen and oxygen atoms in total. The fourth-order valence-electron chi connectivity index (χ4n) is 2.57. The van der Waals surface area contributed by atoms with E-state index in [9.17, 15) is 9.59 Å². The Bertz CT molecular complexity index is 496. The van der Waals surface area contributed by atoms with Gasteiger partial charge in [0, 0.05) is 19.6 Å². The molecule has 1 fully saturated rings. The molecule has 1 saturated carbocycles. The summed E-state index contributed by atoms with van der Waals surface area (Å²) in [6.45, 7) is 0.344. The number of benzene rings is 1. The Morgan fingerprint density at radius 1 is 1.35 bits per heavy atom. The van der Waals surface area contributed by atoms with Gasteiger partial charge in [-0.25, -0.2) is 9.59 Å². The highest BCUT2D eigenvalue weighted by molar-refractivity contribution is 5.87. The van der Waals surface area contributed by atoms with E-state index in [0.29, 0.717) is 12.6 Å². The summed E-state index contributed by atoms with van der Waals surface area (Å²) in [5.74, 6) is -0.957. The lowest BCUT2D eigenvalue weighted by atomic mass is 10.1. The van der Waals surface area contributed by atoms with Gasteiger partial charge in [-0.05, 0) is 30.5 Å². The summed E-state index contributed by atoms with van der Waals surface area (Å²) >= 11 is 0. The van der Waals surface area contributed by atoms with Crippen molar-refractivity contribution in [3.05, 3.63) is 35.4 Å². The van der Waals surface area contributed by atoms with Gasteiger partial charge in [-0.2, -0.15) is 0 Å². The van der Waals surface area contributed by atoms with E-state index >= 15 is 0 Å². The highest BCUT2D eigenvalue weighted by Gasteiger charge is 2.22. The van der Waals surface area contributed by atoms with Crippen LogP contribution in [0.25, 0.3) is 0 Å². The van der Waals surface area contributed by atoms with Crippen molar-refractivity contribution in [2.45, 2.75) is 38.3 Å². The molecular weight excluding hydrogens is 256 g/mol. The van der Waals surface area contributed by atoms with Gasteiger partial charge in [0.2, 0.25) is 0 Å². The quantitative estimate of drug-likeness (QED) is 0.887. The van der Waals surface area contributed by atoms with E-state index in [1.165, 1.54) is 18.9 Å². The van der Waals surface area contributed by atoms with Crippen molar-refractivity contribution in [2.75, 3.05) is 7.05 Å². The topological polar surface area (TPSA) is 69.6 Å². The number of carboxylic acid groups (broad SMARTS) is 1. The zero-order chi connectivity index (χ0) is 14.5. The second-order valence-electron chi connectivity index (χ2n) is 5.21. The third-order valence-electron chi connectivity index (χ3n) is 3.81. The number of nitrogens with one attached hydrogen (secondary N) is 1. The maximum absolute atomic E-state index is 12.0. The van der Waals surface area contributed by atoms with Gasteiger partial charge in [-0.15, -0.1) is 0 Å². The van der Waals surface area contributed by atoms with Crippen molar-refractivity contribution in [1.29, 1.82) is 0 Å². The Kier molecular flexibility index (Phi) is 4.61. The first kappa shape index (κ1) is 14.4. The van der Waals surface area contributed by atoms with E-state index in [2.05, 4.69) is 5.32 Å². The number of hydrogen-bond donors (Lipinski definition) is 2. The molecule has 0 aromatic heterocycles. The van der Waals surface area contributed by atoms with Crippen molar-refractivity contribution >= 4 is 12.0 Å². The molecular formula is C15H20N2O3. The molecule has 0 unspecified atom stereocenters. The number of carbonyl (C=O) groups is 2. The summed E-state index contributed by atoms with van der Waals surface area (Å²) in [5.41, 5.74) is 1.03. The number of hydrogen-bond acceptors (Lipinski definition) is 2. The van der Waals surface area contributed by atoms with Crippen LogP contribution < -0.4 is 5.32 Å². The van der Waals surface area contributed by atoms with Gasteiger partial charge in [-0.1, -0.05) is 25.0 Å². The molecule has 0 saturated heterocycles. The predicted molar refractivity (Wildman–Crippen MR) is 75.7 cm³/mol. The smallest absolute Gasteiger partial charge is 0.335 e. The van der Waals surface area contributed by atoms with Gasteiger partial charge in [0.1, 0.15) is 0 Å². The van der Waals surface area contributed by atoms with Crippen LogP contribution in [0.3, 0.4) is 0 Å². The van der Waals surface area contributed by atoms with Crippen molar-refractivity contribution in [3.8, 4) is 0 Å². The van der Waals surface area contributed by atoms with Gasteiger partial charge >= 0.3 is 12.0 Å². The molecule has 0 heterocycles. The van der Waals surface area contributed by atoms with Crippen LogP contribution in [-0.4, -0.2) is 35.1 Å². The molecule has 0 atom stereocenters. The molecule has 0 radical (unpaired) electrons. The zero-order valence-electron chi connectivity index (χ0n) is 11.6. The standard InChI is InChI=1S/C15H20N2O3/c1-17(13-7-2-3-8-13)15(20)16-10-11-5-4-6-12(9-11)14(18)19/h4-6,9,13H,2-3,7-8,10H2,1H3,(H,16,20)(H,18,19). The number of carboxylic acids is 1. The molecule has 1 aliphatic rings. The Labute approximate surface area is 118 Å². The lowest BCUT2D eigenvalue weighted by Crippen LogP contribution is -2.42. The summed E-state index contributed by atoms with van der Waals surface area (Å²) in [5, 5.41) is 11.8. The SMILES string of the molecule is CN(C(=O)NCc1cccc(C(=O)O)c1)C1CCCC1. The Morgan fingerprint density at radius 2 is 2.05 bits per heavy atom. The van der Waals surface area contributed by atoms with E-state index in [-0.39, 0.29) is 11.6 Å². The minimum absolute atomic E-state index is 0.0994. The number of amides is 2. The zero-order valence-corrected chi connectivity index (χ0v) is 11.6. The minimum atomic E-state index is -0.957. The number of aromatic carboxylic acids is 1. The molecule has 5 heteroatoms. The average Bonchev–Trinajstić information content (AvgIpc) is 2.98. The van der Waals surface area contributed by atoms with Gasteiger partial charge < -0.3 is 15.3 Å². The maximum atomic E-state index is 12.0. The number of carbonyl (C=O) groups excluding carboxylic acids is 1. The monoisotopic (exact) mass is 276 g/mol. The Morgan fingerprint density at radius 3 is 2.70 bits per heavy atom. The predicted octanol–water partition coefficient (Wildman–Crippen LogP) is 2.47. The molecule has 108 valence electrons. The third-order valence-corrected chi connectivity index (χ3v) is 3.81. The molecule has 1 aromatic rings. The van der Waals surface area contributed by atoms with Crippen LogP contribution in [0.1, 0.15) is 41.6 Å². The first-order valence-electron chi connectivity index (χ1n) is 6.91. The van der Waals surface area contributed by atoms with E-state index in [1.807, 2.05) is 13.1 Å². The molecule has 1 aliphatic carbocycles. The van der Waals surface area contributed by atoms with Crippen LogP contribution in [0.4, 0.5) is 4.79 Å². The van der Waals surface area contributed by atoms with Crippen LogP contribution in [0, 0.1) is 0 Å². The number of nitrogens with zero attached hydrogens (tertiary/aromatic N) is 1. The van der Waals surface area contributed by atoms with Crippen molar-refractivity contribution in [2.24, 2.45) is 0 Å². The highest BCUT2D eigenvalue weighted by atomic mass is 16.4. The summed E-state index contributed by atoms with van der Waals surface area (Å²) in [6.07, 6.45) is 4.50.